The predicted octanol–water partition coefficient (Wildman–Crippen LogP) is 0.369. The van der Waals surface area contributed by atoms with Crippen molar-refractivity contribution in [1.29, 1.82) is 0 Å². The highest BCUT2D eigenvalue weighted by Gasteiger charge is 2.14. The van der Waals surface area contributed by atoms with Gasteiger partial charge in [-0.3, -0.25) is 0 Å². The van der Waals surface area contributed by atoms with E-state index in [-0.39, 0.29) is 12.4 Å². The summed E-state index contributed by atoms with van der Waals surface area (Å²) in [6, 6.07) is 0. The molecule has 2 rings (SSSR count). The van der Waals surface area contributed by atoms with Gasteiger partial charge in [-0.2, -0.15) is 0 Å². The molecule has 0 saturated carbocycles. The van der Waals surface area contributed by atoms with Gasteiger partial charge in [-0.15, -0.1) is 5.10 Å². The highest BCUT2D eigenvalue weighted by Crippen LogP contribution is 2.06. The fourth-order valence-corrected chi connectivity index (χ4v) is 1.20. The van der Waals surface area contributed by atoms with Crippen molar-refractivity contribution in [2.45, 2.75) is 13.2 Å². The Labute approximate surface area is 95.2 Å². The van der Waals surface area contributed by atoms with E-state index < -0.39 is 4.92 Å². The number of nitro groups is 1. The lowest BCUT2D eigenvalue weighted by Gasteiger charge is -1.90. The third-order valence-corrected chi connectivity index (χ3v) is 1.88. The van der Waals surface area contributed by atoms with Crippen LogP contribution in [-0.4, -0.2) is 32.0 Å². The molecule has 0 aliphatic rings. The lowest BCUT2D eigenvalue weighted by Crippen LogP contribution is -2.04. The van der Waals surface area contributed by atoms with Gasteiger partial charge in [-0.05, 0) is 4.92 Å². The molecular formula is C8H9N5O4. The Bertz CT molecular complexity index is 519. The van der Waals surface area contributed by atoms with Crippen molar-refractivity contribution < 1.29 is 14.1 Å². The Balaban J connectivity index is 2.05. The van der Waals surface area contributed by atoms with Crippen molar-refractivity contribution in [3.05, 3.63) is 34.2 Å². The summed E-state index contributed by atoms with van der Waals surface area (Å²) in [5, 5.41) is 17.7. The number of rotatable bonds is 5. The minimum Gasteiger partial charge on any atom is -0.446 e. The van der Waals surface area contributed by atoms with Crippen LogP contribution in [0.1, 0.15) is 11.6 Å². The smallest absolute Gasteiger partial charge is 0.410 e. The first-order valence-corrected chi connectivity index (χ1v) is 4.66. The Morgan fingerprint density at radius 1 is 1.65 bits per heavy atom. The Kier molecular flexibility index (Phi) is 3.10. The van der Waals surface area contributed by atoms with Crippen LogP contribution >= 0.6 is 0 Å². The number of oxazole rings is 1. The van der Waals surface area contributed by atoms with Crippen LogP contribution < -0.4 is 0 Å². The van der Waals surface area contributed by atoms with Gasteiger partial charge in [0.2, 0.25) is 5.89 Å². The van der Waals surface area contributed by atoms with Crippen LogP contribution in [-0.2, 0) is 17.9 Å². The number of aromatic nitrogens is 4. The maximum absolute atomic E-state index is 10.4. The van der Waals surface area contributed by atoms with E-state index in [4.69, 9.17) is 9.15 Å². The fraction of sp³-hybridized carbons (Fsp3) is 0.375. The van der Waals surface area contributed by atoms with Gasteiger partial charge in [0, 0.05) is 7.11 Å². The van der Waals surface area contributed by atoms with Crippen LogP contribution in [0.3, 0.4) is 0 Å². The van der Waals surface area contributed by atoms with Crippen LogP contribution in [0.5, 0.6) is 0 Å². The van der Waals surface area contributed by atoms with E-state index in [1.54, 1.807) is 7.11 Å². The normalized spacial score (nSPS) is 10.6. The van der Waals surface area contributed by atoms with Crippen molar-refractivity contribution >= 4 is 5.82 Å². The summed E-state index contributed by atoms with van der Waals surface area (Å²) in [5.41, 5.74) is 0.643. The summed E-state index contributed by atoms with van der Waals surface area (Å²) in [7, 11) is 1.55. The summed E-state index contributed by atoms with van der Waals surface area (Å²) in [6.07, 6.45) is 2.52. The maximum Gasteiger partial charge on any atom is 0.410 e. The second-order valence-electron chi connectivity index (χ2n) is 3.16. The van der Waals surface area contributed by atoms with E-state index in [0.29, 0.717) is 18.2 Å². The summed E-state index contributed by atoms with van der Waals surface area (Å²) in [4.78, 5) is 15.0. The zero-order valence-corrected chi connectivity index (χ0v) is 8.94. The van der Waals surface area contributed by atoms with Gasteiger partial charge in [-0.25, -0.2) is 4.98 Å². The van der Waals surface area contributed by atoms with E-state index in [9.17, 15) is 10.1 Å². The zero-order valence-electron chi connectivity index (χ0n) is 8.94. The maximum atomic E-state index is 10.4. The van der Waals surface area contributed by atoms with Crippen molar-refractivity contribution in [3.8, 4) is 0 Å². The van der Waals surface area contributed by atoms with Crippen LogP contribution in [0.25, 0.3) is 0 Å². The third-order valence-electron chi connectivity index (χ3n) is 1.88. The molecule has 9 nitrogen and oxygen atoms in total. The molecule has 0 radical (unpaired) electrons. The molecule has 0 aromatic carbocycles. The molecule has 0 fully saturated rings. The van der Waals surface area contributed by atoms with Gasteiger partial charge in [0.25, 0.3) is 0 Å². The number of hydrogen-bond acceptors (Lipinski definition) is 7. The zero-order chi connectivity index (χ0) is 12.3. The minimum absolute atomic E-state index is 0.136. The second kappa shape index (κ2) is 4.70. The topological polar surface area (TPSA) is 109 Å². The van der Waals surface area contributed by atoms with Gasteiger partial charge in [0.1, 0.15) is 12.0 Å². The van der Waals surface area contributed by atoms with Crippen molar-refractivity contribution in [3.63, 3.8) is 0 Å². The van der Waals surface area contributed by atoms with Gasteiger partial charge < -0.3 is 19.3 Å². The molecule has 0 unspecified atom stereocenters. The van der Waals surface area contributed by atoms with Crippen molar-refractivity contribution in [1.82, 2.24) is 20.0 Å². The molecule has 17 heavy (non-hydrogen) atoms. The van der Waals surface area contributed by atoms with Gasteiger partial charge in [0.15, 0.2) is 12.7 Å². The molecule has 0 spiro atoms. The molecule has 0 saturated heterocycles. The molecule has 2 aromatic heterocycles. The highest BCUT2D eigenvalue weighted by molar-refractivity contribution is 5.08. The molecule has 90 valence electrons. The summed E-state index contributed by atoms with van der Waals surface area (Å²) >= 11 is 0. The first-order chi connectivity index (χ1) is 8.19. The SMILES string of the molecule is COCc1coc(Cn2ncc([N+](=O)[O-])n2)n1. The number of ether oxygens (including phenoxy) is 1. The molecule has 0 aliphatic heterocycles. The Morgan fingerprint density at radius 2 is 2.47 bits per heavy atom. The monoisotopic (exact) mass is 239 g/mol. The van der Waals surface area contributed by atoms with E-state index in [1.807, 2.05) is 0 Å². The first kappa shape index (κ1) is 11.2. The molecule has 0 bridgehead atoms. The molecule has 0 N–H and O–H groups in total. The summed E-state index contributed by atoms with van der Waals surface area (Å²) in [5.74, 6) is 0.0521. The van der Waals surface area contributed by atoms with E-state index >= 15 is 0 Å². The molecular weight excluding hydrogens is 230 g/mol. The molecule has 9 heteroatoms. The Hall–Kier alpha value is -2.29. The van der Waals surface area contributed by atoms with E-state index in [1.165, 1.54) is 6.26 Å². The summed E-state index contributed by atoms with van der Waals surface area (Å²) < 4.78 is 10.0. The first-order valence-electron chi connectivity index (χ1n) is 4.66. The van der Waals surface area contributed by atoms with Crippen LogP contribution in [0.15, 0.2) is 16.9 Å². The molecule has 0 aliphatic carbocycles. The van der Waals surface area contributed by atoms with E-state index in [2.05, 4.69) is 15.2 Å². The standard InChI is InChI=1S/C8H9N5O4/c1-16-4-6-5-17-8(10-6)3-12-9-2-7(11-12)13(14)15/h2,5H,3-4H2,1H3. The van der Waals surface area contributed by atoms with E-state index in [0.717, 1.165) is 11.0 Å². The van der Waals surface area contributed by atoms with Gasteiger partial charge >= 0.3 is 5.82 Å². The quantitative estimate of drug-likeness (QED) is 0.547. The van der Waals surface area contributed by atoms with Gasteiger partial charge in [-0.1, -0.05) is 4.80 Å². The number of methoxy groups -OCH3 is 1. The number of nitrogens with zero attached hydrogens (tertiary/aromatic N) is 5. The Morgan fingerprint density at radius 3 is 3.12 bits per heavy atom. The van der Waals surface area contributed by atoms with Crippen LogP contribution in [0.4, 0.5) is 5.82 Å². The molecule has 0 amide bonds. The minimum atomic E-state index is -0.616. The molecule has 0 atom stereocenters. The second-order valence-corrected chi connectivity index (χ2v) is 3.16. The highest BCUT2D eigenvalue weighted by atomic mass is 16.6. The van der Waals surface area contributed by atoms with Gasteiger partial charge in [0.05, 0.1) is 11.7 Å². The largest absolute Gasteiger partial charge is 0.446 e. The lowest BCUT2D eigenvalue weighted by molar-refractivity contribution is -0.389. The van der Waals surface area contributed by atoms with Crippen LogP contribution in [0.2, 0.25) is 0 Å². The third kappa shape index (κ3) is 2.64. The molecule has 2 aromatic rings. The number of hydrogen-bond donors (Lipinski definition) is 0. The predicted molar refractivity (Wildman–Crippen MR) is 53.0 cm³/mol. The van der Waals surface area contributed by atoms with Crippen molar-refractivity contribution in [2.75, 3.05) is 7.11 Å². The van der Waals surface area contributed by atoms with Crippen molar-refractivity contribution in [2.24, 2.45) is 0 Å². The average molecular weight is 239 g/mol. The fourth-order valence-electron chi connectivity index (χ4n) is 1.20. The average Bonchev–Trinajstić information content (AvgIpc) is 2.89. The lowest BCUT2D eigenvalue weighted by atomic mass is 10.5. The van der Waals surface area contributed by atoms with Crippen LogP contribution in [0, 0.1) is 10.1 Å². The molecule has 2 heterocycles. The summed E-state index contributed by atoms with van der Waals surface area (Å²) in [6.45, 7) is 0.480.